The number of hydrogen-bond acceptors (Lipinski definition) is 8. The molecule has 10 heteroatoms. The van der Waals surface area contributed by atoms with Crippen molar-refractivity contribution in [3.05, 3.63) is 66.3 Å². The summed E-state index contributed by atoms with van der Waals surface area (Å²) in [6.45, 7) is 4.65. The van der Waals surface area contributed by atoms with Gasteiger partial charge in [0.05, 0.1) is 12.7 Å². The van der Waals surface area contributed by atoms with E-state index in [1.165, 1.54) is 0 Å². The summed E-state index contributed by atoms with van der Waals surface area (Å²) < 4.78 is 9.81. The van der Waals surface area contributed by atoms with E-state index in [-0.39, 0.29) is 0 Å². The largest absolute Gasteiger partial charge is 0.421 e. The van der Waals surface area contributed by atoms with E-state index in [0.717, 1.165) is 40.0 Å². The summed E-state index contributed by atoms with van der Waals surface area (Å²) in [6.07, 6.45) is 6.53. The molecule has 0 aliphatic carbocycles. The topological polar surface area (TPSA) is 101 Å². The molecule has 0 radical (unpaired) electrons. The van der Waals surface area contributed by atoms with Crippen molar-refractivity contribution >= 4 is 23.6 Å². The molecule has 4 heterocycles. The molecule has 3 aromatic heterocycles. The van der Waals surface area contributed by atoms with Crippen molar-refractivity contribution in [2.75, 3.05) is 5.32 Å². The van der Waals surface area contributed by atoms with Crippen LogP contribution in [0.2, 0.25) is 0 Å². The van der Waals surface area contributed by atoms with Gasteiger partial charge in [0.2, 0.25) is 11.8 Å². The standard InChI is InChI=1S/C20H20N8OS/c1-3-19-25-26-20(29-19)14-4-6-15(7-5-14)30-27-11-17-21-8-9-28(17)18(12-27)22-16-10-13(2)23-24-16/h4-10,12H,3,11H2,1-2H3,(H2,22,23,24). The van der Waals surface area contributed by atoms with Gasteiger partial charge in [-0.05, 0) is 43.1 Å². The van der Waals surface area contributed by atoms with Gasteiger partial charge in [-0.15, -0.1) is 10.2 Å². The molecule has 2 N–H and O–H groups in total. The maximum absolute atomic E-state index is 5.63. The first-order valence-electron chi connectivity index (χ1n) is 9.59. The monoisotopic (exact) mass is 420 g/mol. The fraction of sp³-hybridized carbons (Fsp3) is 0.200. The Morgan fingerprint density at radius 1 is 1.23 bits per heavy atom. The number of rotatable bonds is 6. The molecule has 30 heavy (non-hydrogen) atoms. The average Bonchev–Trinajstić information content (AvgIpc) is 3.49. The van der Waals surface area contributed by atoms with Crippen LogP contribution in [-0.4, -0.2) is 34.3 Å². The van der Waals surface area contributed by atoms with Crippen molar-refractivity contribution in [3.8, 4) is 11.5 Å². The minimum absolute atomic E-state index is 0.545. The van der Waals surface area contributed by atoms with Gasteiger partial charge >= 0.3 is 0 Å². The van der Waals surface area contributed by atoms with Gasteiger partial charge in [-0.1, -0.05) is 6.92 Å². The molecule has 9 nitrogen and oxygen atoms in total. The zero-order valence-electron chi connectivity index (χ0n) is 16.5. The fourth-order valence-corrected chi connectivity index (χ4v) is 3.99. The highest BCUT2D eigenvalue weighted by molar-refractivity contribution is 7.97. The predicted molar refractivity (Wildman–Crippen MR) is 114 cm³/mol. The van der Waals surface area contributed by atoms with E-state index in [4.69, 9.17) is 4.42 Å². The van der Waals surface area contributed by atoms with E-state index in [1.54, 1.807) is 18.1 Å². The first-order valence-corrected chi connectivity index (χ1v) is 10.4. The van der Waals surface area contributed by atoms with E-state index in [1.807, 2.05) is 42.8 Å². The molecule has 0 spiro atoms. The number of H-pyrrole nitrogens is 1. The van der Waals surface area contributed by atoms with E-state index < -0.39 is 0 Å². The Kier molecular flexibility index (Phi) is 4.75. The van der Waals surface area contributed by atoms with Gasteiger partial charge in [0.15, 0.2) is 5.82 Å². The van der Waals surface area contributed by atoms with Gasteiger partial charge in [0.25, 0.3) is 0 Å². The molecule has 1 aliphatic heterocycles. The third-order valence-corrected chi connectivity index (χ3v) is 5.55. The van der Waals surface area contributed by atoms with Crippen LogP contribution in [0.25, 0.3) is 17.3 Å². The van der Waals surface area contributed by atoms with Crippen LogP contribution in [0.15, 0.2) is 58.2 Å². The van der Waals surface area contributed by atoms with Gasteiger partial charge < -0.3 is 14.0 Å². The quantitative estimate of drug-likeness (QED) is 0.453. The minimum atomic E-state index is 0.545. The fourth-order valence-electron chi connectivity index (χ4n) is 3.13. The molecular weight excluding hydrogens is 400 g/mol. The summed E-state index contributed by atoms with van der Waals surface area (Å²) in [4.78, 5) is 5.58. The van der Waals surface area contributed by atoms with Gasteiger partial charge in [-0.25, -0.2) is 4.98 Å². The number of aromatic nitrogens is 6. The normalized spacial score (nSPS) is 13.3. The second-order valence-corrected chi connectivity index (χ2v) is 7.96. The highest BCUT2D eigenvalue weighted by Gasteiger charge is 2.19. The Morgan fingerprint density at radius 2 is 2.10 bits per heavy atom. The van der Waals surface area contributed by atoms with E-state index in [9.17, 15) is 0 Å². The second kappa shape index (κ2) is 7.71. The number of aryl methyl sites for hydroxylation is 2. The molecule has 0 atom stereocenters. The second-order valence-electron chi connectivity index (χ2n) is 6.83. The van der Waals surface area contributed by atoms with E-state index in [2.05, 4.69) is 53.3 Å². The summed E-state index contributed by atoms with van der Waals surface area (Å²) in [5.74, 6) is 3.80. The Labute approximate surface area is 177 Å². The first-order chi connectivity index (χ1) is 14.7. The SMILES string of the molecule is CCc1nnc(-c2ccc(SN3C=C(Nc4cc(C)[nH]n4)n4ccnc4C3)cc2)o1. The summed E-state index contributed by atoms with van der Waals surface area (Å²) >= 11 is 1.63. The first kappa shape index (κ1) is 18.5. The molecule has 0 bridgehead atoms. The maximum atomic E-state index is 5.63. The van der Waals surface area contributed by atoms with Gasteiger partial charge in [-0.3, -0.25) is 9.67 Å². The van der Waals surface area contributed by atoms with Crippen LogP contribution in [0.4, 0.5) is 5.82 Å². The summed E-state index contributed by atoms with van der Waals surface area (Å²) in [7, 11) is 0. The number of nitrogens with one attached hydrogen (secondary N) is 2. The smallest absolute Gasteiger partial charge is 0.247 e. The Balaban J connectivity index is 1.34. The molecule has 5 rings (SSSR count). The molecule has 152 valence electrons. The summed E-state index contributed by atoms with van der Waals surface area (Å²) in [5, 5.41) is 18.7. The number of benzene rings is 1. The van der Waals surface area contributed by atoms with Crippen molar-refractivity contribution in [2.24, 2.45) is 0 Å². The van der Waals surface area contributed by atoms with E-state index >= 15 is 0 Å². The molecule has 1 aromatic carbocycles. The molecule has 0 amide bonds. The number of hydrogen-bond donors (Lipinski definition) is 2. The van der Waals surface area contributed by atoms with Crippen molar-refractivity contribution in [1.82, 2.24) is 34.3 Å². The van der Waals surface area contributed by atoms with Crippen LogP contribution in [-0.2, 0) is 13.0 Å². The number of imidazole rings is 1. The van der Waals surface area contributed by atoms with Crippen LogP contribution >= 0.6 is 11.9 Å². The molecule has 0 unspecified atom stereocenters. The molecule has 0 saturated heterocycles. The van der Waals surface area contributed by atoms with E-state index in [0.29, 0.717) is 18.3 Å². The third-order valence-electron chi connectivity index (χ3n) is 4.60. The van der Waals surface area contributed by atoms with Gasteiger partial charge in [-0.2, -0.15) is 5.10 Å². The highest BCUT2D eigenvalue weighted by atomic mass is 32.2. The van der Waals surface area contributed by atoms with Crippen molar-refractivity contribution in [2.45, 2.75) is 31.7 Å². The Morgan fingerprint density at radius 3 is 2.83 bits per heavy atom. The van der Waals surface area contributed by atoms with Crippen molar-refractivity contribution < 1.29 is 4.42 Å². The summed E-state index contributed by atoms with van der Waals surface area (Å²) in [6, 6.07) is 10.1. The lowest BCUT2D eigenvalue weighted by Crippen LogP contribution is -2.23. The number of anilines is 1. The molecule has 4 aromatic rings. The van der Waals surface area contributed by atoms with Crippen molar-refractivity contribution in [1.29, 1.82) is 0 Å². The predicted octanol–water partition coefficient (Wildman–Crippen LogP) is 3.92. The highest BCUT2D eigenvalue weighted by Crippen LogP contribution is 2.31. The molecule has 0 fully saturated rings. The molecular formula is C20H20N8OS. The van der Waals surface area contributed by atoms with Crippen molar-refractivity contribution in [3.63, 3.8) is 0 Å². The maximum Gasteiger partial charge on any atom is 0.247 e. The lowest BCUT2D eigenvalue weighted by atomic mass is 10.2. The summed E-state index contributed by atoms with van der Waals surface area (Å²) in [5.41, 5.74) is 1.91. The molecule has 0 saturated carbocycles. The van der Waals surface area contributed by atoms with Crippen LogP contribution in [0.5, 0.6) is 0 Å². The van der Waals surface area contributed by atoms with Crippen LogP contribution in [0, 0.1) is 6.92 Å². The lowest BCUT2D eigenvalue weighted by molar-refractivity contribution is 0.513. The lowest BCUT2D eigenvalue weighted by Gasteiger charge is -2.26. The van der Waals surface area contributed by atoms with Crippen LogP contribution < -0.4 is 5.32 Å². The van der Waals surface area contributed by atoms with Crippen LogP contribution in [0.3, 0.4) is 0 Å². The molecule has 1 aliphatic rings. The third kappa shape index (κ3) is 3.69. The number of aromatic amines is 1. The Bertz CT molecular complexity index is 1190. The number of fused-ring (bicyclic) bond motifs is 1. The zero-order chi connectivity index (χ0) is 20.5. The Hall–Kier alpha value is -3.53. The zero-order valence-corrected chi connectivity index (χ0v) is 17.3. The van der Waals surface area contributed by atoms with Gasteiger partial charge in [0.1, 0.15) is 11.6 Å². The number of nitrogens with zero attached hydrogens (tertiary/aromatic N) is 6. The minimum Gasteiger partial charge on any atom is -0.421 e. The van der Waals surface area contributed by atoms with Crippen LogP contribution in [0.1, 0.15) is 24.3 Å². The average molecular weight is 421 g/mol. The van der Waals surface area contributed by atoms with Gasteiger partial charge in [0, 0.05) is 41.0 Å².